The molecule has 0 spiro atoms. The maximum absolute atomic E-state index is 5.61. The van der Waals surface area contributed by atoms with Crippen molar-refractivity contribution >= 4 is 28.0 Å². The first-order valence-electron chi connectivity index (χ1n) is 20.4. The van der Waals surface area contributed by atoms with E-state index in [0.717, 1.165) is 35.6 Å². The Labute approximate surface area is 327 Å². The fourth-order valence-electron chi connectivity index (χ4n) is 9.67. The number of nitrogens with one attached hydrogen (secondary N) is 1. The third-order valence-corrected chi connectivity index (χ3v) is 12.8. The Morgan fingerprint density at radius 1 is 0.600 bits per heavy atom. The van der Waals surface area contributed by atoms with Gasteiger partial charge in [-0.15, -0.1) is 0 Å². The number of fused-ring (bicyclic) bond motifs is 7. The molecule has 9 rings (SSSR count). The van der Waals surface area contributed by atoms with Crippen LogP contribution in [0.15, 0.2) is 138 Å². The second-order valence-corrected chi connectivity index (χ2v) is 17.2. The normalized spacial score (nSPS) is 17.7. The van der Waals surface area contributed by atoms with Crippen molar-refractivity contribution in [2.45, 2.75) is 84.5 Å². The first-order valence-corrected chi connectivity index (χ1v) is 20.4. The minimum atomic E-state index is -0.109. The van der Waals surface area contributed by atoms with Crippen LogP contribution in [-0.2, 0) is 17.3 Å². The lowest BCUT2D eigenvalue weighted by molar-refractivity contribution is 0.505. The highest BCUT2D eigenvalue weighted by Gasteiger charge is 2.37. The second-order valence-electron chi connectivity index (χ2n) is 17.2. The van der Waals surface area contributed by atoms with Gasteiger partial charge < -0.3 is 5.32 Å². The van der Waals surface area contributed by atoms with E-state index in [0.29, 0.717) is 5.92 Å². The van der Waals surface area contributed by atoms with Gasteiger partial charge in [0.1, 0.15) is 5.84 Å². The molecule has 2 nitrogen and oxygen atoms in total. The van der Waals surface area contributed by atoms with E-state index in [4.69, 9.17) is 4.99 Å². The average Bonchev–Trinajstić information content (AvgIpc) is 3.56. The third kappa shape index (κ3) is 5.98. The minimum Gasteiger partial charge on any atom is -0.339 e. The Hall–Kier alpha value is -5.47. The summed E-state index contributed by atoms with van der Waals surface area (Å²) in [6, 6.07) is 45.4. The van der Waals surface area contributed by atoms with Crippen molar-refractivity contribution in [3.05, 3.63) is 178 Å². The summed E-state index contributed by atoms with van der Waals surface area (Å²) in [5.41, 5.74) is 17.6. The quantitative estimate of drug-likeness (QED) is 0.167. The summed E-state index contributed by atoms with van der Waals surface area (Å²) in [5, 5.41) is 6.55. The lowest BCUT2D eigenvalue weighted by Crippen LogP contribution is -2.25. The molecule has 1 unspecified atom stereocenters. The van der Waals surface area contributed by atoms with Gasteiger partial charge in [0.2, 0.25) is 0 Å². The minimum absolute atomic E-state index is 0.0737. The van der Waals surface area contributed by atoms with Crippen LogP contribution in [-0.4, -0.2) is 5.84 Å². The SMILES string of the molecule is CCCCC(C)Cc1ccc(C2=CC/C=C(/c3ccc4c(c3)C(C)(C)c3ccccc3-4)NC(c3ccc4c(c3)C(C)(C)c3ccccc3-4)=N2)c2ccccc12. The van der Waals surface area contributed by atoms with Gasteiger partial charge in [-0.2, -0.15) is 0 Å². The summed E-state index contributed by atoms with van der Waals surface area (Å²) < 4.78 is 0. The molecule has 2 aliphatic carbocycles. The molecule has 0 bridgehead atoms. The number of allylic oxidation sites excluding steroid dienone is 2. The molecule has 274 valence electrons. The Morgan fingerprint density at radius 2 is 1.16 bits per heavy atom. The van der Waals surface area contributed by atoms with Crippen LogP contribution in [0.2, 0.25) is 0 Å². The number of aliphatic imine (C=N–C) groups is 1. The molecule has 1 atom stereocenters. The first kappa shape index (κ1) is 35.2. The number of hydrogen-bond donors (Lipinski definition) is 1. The van der Waals surface area contributed by atoms with Gasteiger partial charge >= 0.3 is 0 Å². The first-order chi connectivity index (χ1) is 26.6. The van der Waals surface area contributed by atoms with E-state index in [-0.39, 0.29) is 10.8 Å². The standard InChI is InChI=1S/C53H52N2/c1-7-8-16-34(2)31-35-25-30-44(39-18-10-9-17-38(35)39)50-24-15-23-49(36-26-28-42-40-19-11-13-21-45(40)52(3,4)47(42)32-36)54-51(55-50)37-27-29-43-41-20-12-14-22-46(41)53(5,6)48(43)33-37/h9-14,17-30,32-34H,7-8,15-16,31H2,1-6H3,(H,54,55)/b49-23-,50-24?. The summed E-state index contributed by atoms with van der Waals surface area (Å²) in [4.78, 5) is 5.61. The monoisotopic (exact) mass is 716 g/mol. The van der Waals surface area contributed by atoms with Crippen molar-refractivity contribution in [2.24, 2.45) is 10.9 Å². The fourth-order valence-corrected chi connectivity index (χ4v) is 9.67. The van der Waals surface area contributed by atoms with E-state index < -0.39 is 0 Å². The smallest absolute Gasteiger partial charge is 0.138 e. The molecule has 1 heterocycles. The molecule has 0 aromatic heterocycles. The van der Waals surface area contributed by atoms with Crippen molar-refractivity contribution in [1.82, 2.24) is 5.32 Å². The molecule has 1 N–H and O–H groups in total. The van der Waals surface area contributed by atoms with Crippen LogP contribution < -0.4 is 5.32 Å². The Kier molecular flexibility index (Phi) is 8.76. The molecule has 0 fully saturated rings. The molecule has 6 aromatic carbocycles. The van der Waals surface area contributed by atoms with E-state index >= 15 is 0 Å². The largest absolute Gasteiger partial charge is 0.339 e. The predicted octanol–water partition coefficient (Wildman–Crippen LogP) is 13.6. The zero-order valence-corrected chi connectivity index (χ0v) is 33.3. The number of hydrogen-bond acceptors (Lipinski definition) is 2. The predicted molar refractivity (Wildman–Crippen MR) is 235 cm³/mol. The molecule has 1 aliphatic heterocycles. The van der Waals surface area contributed by atoms with Crippen molar-refractivity contribution in [2.75, 3.05) is 0 Å². The van der Waals surface area contributed by atoms with Crippen LogP contribution in [0.4, 0.5) is 0 Å². The van der Waals surface area contributed by atoms with E-state index in [2.05, 4.69) is 180 Å². The maximum atomic E-state index is 5.61. The highest BCUT2D eigenvalue weighted by Crippen LogP contribution is 2.50. The third-order valence-electron chi connectivity index (χ3n) is 12.8. The van der Waals surface area contributed by atoms with Gasteiger partial charge in [-0.3, -0.25) is 0 Å². The molecule has 6 aromatic rings. The zero-order valence-electron chi connectivity index (χ0n) is 33.3. The summed E-state index contributed by atoms with van der Waals surface area (Å²) in [6.45, 7) is 14.1. The van der Waals surface area contributed by atoms with Crippen molar-refractivity contribution in [1.29, 1.82) is 0 Å². The van der Waals surface area contributed by atoms with E-state index in [9.17, 15) is 0 Å². The molecule has 0 amide bonds. The highest BCUT2D eigenvalue weighted by molar-refractivity contribution is 6.08. The van der Waals surface area contributed by atoms with Crippen LogP contribution in [0.3, 0.4) is 0 Å². The average molecular weight is 717 g/mol. The number of unbranched alkanes of at least 4 members (excludes halogenated alkanes) is 1. The van der Waals surface area contributed by atoms with Gasteiger partial charge in [0.15, 0.2) is 0 Å². The van der Waals surface area contributed by atoms with E-state index in [1.165, 1.54) is 91.2 Å². The van der Waals surface area contributed by atoms with Crippen molar-refractivity contribution in [3.8, 4) is 22.3 Å². The molecule has 0 radical (unpaired) electrons. The topological polar surface area (TPSA) is 24.4 Å². The molecule has 3 aliphatic rings. The van der Waals surface area contributed by atoms with Gasteiger partial charge in [0, 0.05) is 27.7 Å². The molecule has 2 heteroatoms. The van der Waals surface area contributed by atoms with Gasteiger partial charge in [0.25, 0.3) is 0 Å². The maximum Gasteiger partial charge on any atom is 0.138 e. The van der Waals surface area contributed by atoms with Crippen molar-refractivity contribution < 1.29 is 0 Å². The van der Waals surface area contributed by atoms with E-state index in [1.807, 2.05) is 0 Å². The summed E-state index contributed by atoms with van der Waals surface area (Å²) >= 11 is 0. The van der Waals surface area contributed by atoms with E-state index in [1.54, 1.807) is 0 Å². The number of rotatable bonds is 8. The van der Waals surface area contributed by atoms with Gasteiger partial charge in [-0.1, -0.05) is 182 Å². The highest BCUT2D eigenvalue weighted by atomic mass is 15.0. The molecular weight excluding hydrogens is 665 g/mol. The second kappa shape index (κ2) is 13.7. The zero-order chi connectivity index (χ0) is 37.9. The lowest BCUT2D eigenvalue weighted by Gasteiger charge is -2.24. The van der Waals surface area contributed by atoms with Crippen LogP contribution in [0.1, 0.15) is 112 Å². The molecule has 55 heavy (non-hydrogen) atoms. The van der Waals surface area contributed by atoms with Gasteiger partial charge in [-0.25, -0.2) is 4.99 Å². The molecular formula is C53H52N2. The number of amidine groups is 1. The van der Waals surface area contributed by atoms with Gasteiger partial charge in [-0.05, 0) is 97.3 Å². The molecule has 0 saturated heterocycles. The van der Waals surface area contributed by atoms with Crippen molar-refractivity contribution in [3.63, 3.8) is 0 Å². The summed E-state index contributed by atoms with van der Waals surface area (Å²) in [6.07, 6.45) is 10.3. The lowest BCUT2D eigenvalue weighted by atomic mass is 9.81. The van der Waals surface area contributed by atoms with Gasteiger partial charge in [0.05, 0.1) is 5.70 Å². The Bertz CT molecular complexity index is 2570. The molecule has 0 saturated carbocycles. The summed E-state index contributed by atoms with van der Waals surface area (Å²) in [7, 11) is 0. The Morgan fingerprint density at radius 3 is 1.84 bits per heavy atom. The van der Waals surface area contributed by atoms with Crippen LogP contribution in [0.25, 0.3) is 44.4 Å². The number of benzene rings is 6. The van der Waals surface area contributed by atoms with Crippen LogP contribution in [0, 0.1) is 5.92 Å². The van der Waals surface area contributed by atoms with Crippen LogP contribution in [0.5, 0.6) is 0 Å². The number of nitrogens with zero attached hydrogens (tertiary/aromatic N) is 1. The summed E-state index contributed by atoms with van der Waals surface area (Å²) in [5.74, 6) is 1.53. The Balaban J connectivity index is 1.16. The fraction of sp³-hybridized carbons (Fsp3) is 0.264. The van der Waals surface area contributed by atoms with Crippen LogP contribution >= 0.6 is 0 Å².